The molecule has 2 rings (SSSR count). The van der Waals surface area contributed by atoms with Crippen LogP contribution in [-0.2, 0) is 0 Å². The highest BCUT2D eigenvalue weighted by Gasteiger charge is 2.26. The van der Waals surface area contributed by atoms with Gasteiger partial charge in [0.15, 0.2) is 0 Å². The van der Waals surface area contributed by atoms with Crippen molar-refractivity contribution in [3.8, 4) is 5.75 Å². The van der Waals surface area contributed by atoms with Crippen molar-refractivity contribution in [1.82, 2.24) is 0 Å². The summed E-state index contributed by atoms with van der Waals surface area (Å²) in [7, 11) is 1.48. The highest BCUT2D eigenvalue weighted by Crippen LogP contribution is 2.33. The number of benzene rings is 1. The van der Waals surface area contributed by atoms with Crippen LogP contribution in [-0.4, -0.2) is 29.8 Å². The second-order valence-corrected chi connectivity index (χ2v) is 5.12. The Morgan fingerprint density at radius 1 is 1.45 bits per heavy atom. The number of rotatable bonds is 5. The van der Waals surface area contributed by atoms with Crippen LogP contribution >= 0.6 is 0 Å². The van der Waals surface area contributed by atoms with E-state index >= 15 is 0 Å². The zero-order chi connectivity index (χ0) is 14.5. The monoisotopic (exact) mass is 280 g/mol. The lowest BCUT2D eigenvalue weighted by atomic mass is 9.85. The first kappa shape index (κ1) is 14.6. The highest BCUT2D eigenvalue weighted by atomic mass is 16.6. The van der Waals surface area contributed by atoms with Gasteiger partial charge in [-0.3, -0.25) is 10.1 Å². The van der Waals surface area contributed by atoms with Crippen molar-refractivity contribution in [1.29, 1.82) is 0 Å². The van der Waals surface area contributed by atoms with Gasteiger partial charge in [0.2, 0.25) is 0 Å². The Labute approximate surface area is 117 Å². The topological polar surface area (TPSA) is 84.6 Å². The minimum Gasteiger partial charge on any atom is -0.496 e. The maximum absolute atomic E-state index is 11.1. The van der Waals surface area contributed by atoms with Gasteiger partial charge in [-0.2, -0.15) is 0 Å². The van der Waals surface area contributed by atoms with Crippen molar-refractivity contribution in [2.75, 3.05) is 19.0 Å². The van der Waals surface area contributed by atoms with Gasteiger partial charge in [0.05, 0.1) is 18.1 Å². The van der Waals surface area contributed by atoms with Crippen molar-refractivity contribution in [3.05, 3.63) is 28.3 Å². The number of nitro benzene ring substituents is 1. The summed E-state index contributed by atoms with van der Waals surface area (Å²) in [5, 5.41) is 23.8. The Kier molecular flexibility index (Phi) is 4.79. The third-order valence-electron chi connectivity index (χ3n) is 3.89. The molecule has 6 nitrogen and oxygen atoms in total. The Morgan fingerprint density at radius 2 is 2.20 bits per heavy atom. The third kappa shape index (κ3) is 3.19. The SMILES string of the molecule is COc1ccc(NC2CCCCC2CO)c([N+](=O)[O-])c1. The molecule has 1 saturated carbocycles. The largest absolute Gasteiger partial charge is 0.496 e. The lowest BCUT2D eigenvalue weighted by molar-refractivity contribution is -0.384. The zero-order valence-electron chi connectivity index (χ0n) is 11.5. The first-order valence-corrected chi connectivity index (χ1v) is 6.85. The van der Waals surface area contributed by atoms with Gasteiger partial charge >= 0.3 is 0 Å². The van der Waals surface area contributed by atoms with Gasteiger partial charge in [-0.15, -0.1) is 0 Å². The van der Waals surface area contributed by atoms with Gasteiger partial charge in [-0.1, -0.05) is 12.8 Å². The molecule has 20 heavy (non-hydrogen) atoms. The molecule has 2 atom stereocenters. The molecular formula is C14H20N2O4. The number of nitrogens with zero attached hydrogens (tertiary/aromatic N) is 1. The van der Waals surface area contributed by atoms with Crippen LogP contribution in [0.4, 0.5) is 11.4 Å². The van der Waals surface area contributed by atoms with Crippen LogP contribution in [0.25, 0.3) is 0 Å². The standard InChI is InChI=1S/C14H20N2O4/c1-20-11-6-7-13(14(8-11)16(18)19)15-12-5-3-2-4-10(12)9-17/h6-8,10,12,15,17H,2-5,9H2,1H3. The van der Waals surface area contributed by atoms with Crippen molar-refractivity contribution in [2.45, 2.75) is 31.7 Å². The number of aliphatic hydroxyl groups is 1. The van der Waals surface area contributed by atoms with Crippen LogP contribution < -0.4 is 10.1 Å². The fraction of sp³-hybridized carbons (Fsp3) is 0.571. The first-order valence-electron chi connectivity index (χ1n) is 6.85. The van der Waals surface area contributed by atoms with Crippen molar-refractivity contribution in [3.63, 3.8) is 0 Å². The zero-order valence-corrected chi connectivity index (χ0v) is 11.5. The molecule has 1 aromatic rings. The van der Waals surface area contributed by atoms with E-state index in [0.29, 0.717) is 11.4 Å². The Balaban J connectivity index is 2.21. The van der Waals surface area contributed by atoms with Gasteiger partial charge in [0, 0.05) is 18.6 Å². The molecule has 0 amide bonds. The molecule has 6 heteroatoms. The van der Waals surface area contributed by atoms with E-state index in [2.05, 4.69) is 5.32 Å². The fourth-order valence-electron chi connectivity index (χ4n) is 2.73. The van der Waals surface area contributed by atoms with Crippen LogP contribution in [0.5, 0.6) is 5.75 Å². The van der Waals surface area contributed by atoms with E-state index < -0.39 is 4.92 Å². The summed E-state index contributed by atoms with van der Waals surface area (Å²) >= 11 is 0. The average molecular weight is 280 g/mol. The number of nitro groups is 1. The molecule has 0 aliphatic heterocycles. The maximum atomic E-state index is 11.1. The molecule has 1 aliphatic carbocycles. The summed E-state index contributed by atoms with van der Waals surface area (Å²) in [6, 6.07) is 4.87. The number of aliphatic hydroxyl groups excluding tert-OH is 1. The summed E-state index contributed by atoms with van der Waals surface area (Å²) in [5.74, 6) is 0.620. The van der Waals surface area contributed by atoms with Crippen LogP contribution in [0.1, 0.15) is 25.7 Å². The second-order valence-electron chi connectivity index (χ2n) is 5.12. The fourth-order valence-corrected chi connectivity index (χ4v) is 2.73. The van der Waals surface area contributed by atoms with Gasteiger partial charge < -0.3 is 15.2 Å². The molecule has 0 radical (unpaired) electrons. The maximum Gasteiger partial charge on any atom is 0.296 e. The Hall–Kier alpha value is -1.82. The molecule has 1 aromatic carbocycles. The number of nitrogens with one attached hydrogen (secondary N) is 1. The van der Waals surface area contributed by atoms with Gasteiger partial charge in [0.1, 0.15) is 11.4 Å². The summed E-state index contributed by atoms with van der Waals surface area (Å²) in [6.45, 7) is 0.113. The minimum atomic E-state index is -0.415. The quantitative estimate of drug-likeness (QED) is 0.639. The number of hydrogen-bond acceptors (Lipinski definition) is 5. The first-order chi connectivity index (χ1) is 9.65. The molecule has 0 aromatic heterocycles. The van der Waals surface area contributed by atoms with Crippen LogP contribution in [0.2, 0.25) is 0 Å². The molecule has 0 spiro atoms. The molecule has 0 saturated heterocycles. The number of methoxy groups -OCH3 is 1. The van der Waals surface area contributed by atoms with Gasteiger partial charge in [0.25, 0.3) is 5.69 Å². The number of hydrogen-bond donors (Lipinski definition) is 2. The van der Waals surface area contributed by atoms with Gasteiger partial charge in [-0.25, -0.2) is 0 Å². The lowest BCUT2D eigenvalue weighted by Gasteiger charge is -2.31. The molecule has 2 N–H and O–H groups in total. The lowest BCUT2D eigenvalue weighted by Crippen LogP contribution is -2.34. The van der Waals surface area contributed by atoms with Crippen LogP contribution in [0.15, 0.2) is 18.2 Å². The molecule has 2 unspecified atom stereocenters. The van der Waals surface area contributed by atoms with E-state index in [4.69, 9.17) is 4.74 Å². The average Bonchev–Trinajstić information content (AvgIpc) is 2.48. The summed E-state index contributed by atoms with van der Waals surface area (Å²) in [6.07, 6.45) is 4.07. The molecule has 1 aliphatic rings. The van der Waals surface area contributed by atoms with Crippen molar-refractivity contribution in [2.24, 2.45) is 5.92 Å². The smallest absolute Gasteiger partial charge is 0.296 e. The number of ether oxygens (including phenoxy) is 1. The summed E-state index contributed by atoms with van der Waals surface area (Å²) in [5.41, 5.74) is 0.493. The van der Waals surface area contributed by atoms with Crippen LogP contribution in [0.3, 0.4) is 0 Å². The van der Waals surface area contributed by atoms with Crippen LogP contribution in [0, 0.1) is 16.0 Å². The number of anilines is 1. The van der Waals surface area contributed by atoms with E-state index in [9.17, 15) is 15.2 Å². The van der Waals surface area contributed by atoms with E-state index in [1.165, 1.54) is 13.2 Å². The van der Waals surface area contributed by atoms with Crippen molar-refractivity contribution >= 4 is 11.4 Å². The van der Waals surface area contributed by atoms with Crippen molar-refractivity contribution < 1.29 is 14.8 Å². The van der Waals surface area contributed by atoms with E-state index in [1.54, 1.807) is 12.1 Å². The second kappa shape index (κ2) is 6.56. The highest BCUT2D eigenvalue weighted by molar-refractivity contribution is 5.64. The van der Waals surface area contributed by atoms with E-state index in [0.717, 1.165) is 25.7 Å². The summed E-state index contributed by atoms with van der Waals surface area (Å²) < 4.78 is 5.02. The Morgan fingerprint density at radius 3 is 2.85 bits per heavy atom. The minimum absolute atomic E-state index is 0.00612. The molecule has 1 fully saturated rings. The predicted octanol–water partition coefficient (Wildman–Crippen LogP) is 2.57. The molecule has 0 heterocycles. The molecule has 0 bridgehead atoms. The Bertz CT molecular complexity index is 478. The summed E-state index contributed by atoms with van der Waals surface area (Å²) in [4.78, 5) is 10.7. The van der Waals surface area contributed by atoms with E-state index in [1.807, 2.05) is 0 Å². The third-order valence-corrected chi connectivity index (χ3v) is 3.89. The van der Waals surface area contributed by atoms with E-state index in [-0.39, 0.29) is 24.3 Å². The predicted molar refractivity (Wildman–Crippen MR) is 76.1 cm³/mol. The molecular weight excluding hydrogens is 260 g/mol. The molecule has 110 valence electrons. The van der Waals surface area contributed by atoms with Gasteiger partial charge in [-0.05, 0) is 25.0 Å². The normalized spacial score (nSPS) is 22.3.